The molecule has 0 unspecified atom stereocenters. The van der Waals surface area contributed by atoms with Crippen LogP contribution in [0.5, 0.6) is 0 Å². The second-order valence-electron chi connectivity index (χ2n) is 6.05. The average Bonchev–Trinajstić information content (AvgIpc) is 2.83. The Balaban J connectivity index is 1.55. The van der Waals surface area contributed by atoms with Crippen LogP contribution in [-0.4, -0.2) is 66.1 Å². The molecule has 19 heavy (non-hydrogen) atoms. The molecule has 5 rings (SSSR count). The fourth-order valence-electron chi connectivity index (χ4n) is 3.66. The van der Waals surface area contributed by atoms with Crippen molar-refractivity contribution in [3.63, 3.8) is 0 Å². The van der Waals surface area contributed by atoms with Crippen molar-refractivity contribution >= 4 is 17.6 Å². The molecule has 0 aliphatic carbocycles. The molecule has 4 saturated heterocycles. The van der Waals surface area contributed by atoms with Crippen LogP contribution in [0.1, 0.15) is 16.7 Å². The van der Waals surface area contributed by atoms with Crippen LogP contribution in [0.2, 0.25) is 0 Å². The Morgan fingerprint density at radius 1 is 1.16 bits per heavy atom. The van der Waals surface area contributed by atoms with E-state index in [1.165, 1.54) is 9.75 Å². The van der Waals surface area contributed by atoms with E-state index in [9.17, 15) is 0 Å². The average molecular weight is 276 g/mol. The van der Waals surface area contributed by atoms with Crippen LogP contribution < -0.4 is 0 Å². The van der Waals surface area contributed by atoms with Gasteiger partial charge < -0.3 is 0 Å². The second kappa shape index (κ2) is 4.38. The Morgan fingerprint density at radius 3 is 2.32 bits per heavy atom. The van der Waals surface area contributed by atoms with Gasteiger partial charge in [0.15, 0.2) is 0 Å². The Hall–Kier alpha value is -0.750. The third-order valence-electron chi connectivity index (χ3n) is 4.25. The van der Waals surface area contributed by atoms with E-state index in [0.29, 0.717) is 0 Å². The van der Waals surface area contributed by atoms with Crippen molar-refractivity contribution in [2.45, 2.75) is 18.9 Å². The van der Waals surface area contributed by atoms with Crippen molar-refractivity contribution in [3.05, 3.63) is 21.9 Å². The summed E-state index contributed by atoms with van der Waals surface area (Å²) in [4.78, 5) is 15.3. The standard InChI is InChI=1S/C14H20N4S/c1-2-12-3-4-13(19-12)5-15-14-6-16-9-17(7-14)11-18(8-14)10-16/h3-5H,2,6-11H2,1H3. The lowest BCUT2D eigenvalue weighted by atomic mass is 9.92. The largest absolute Gasteiger partial charge is 0.281 e. The lowest BCUT2D eigenvalue weighted by Crippen LogP contribution is -2.75. The van der Waals surface area contributed by atoms with Gasteiger partial charge in [-0.05, 0) is 18.6 Å². The van der Waals surface area contributed by atoms with E-state index in [1.807, 2.05) is 11.3 Å². The van der Waals surface area contributed by atoms with E-state index in [0.717, 1.165) is 46.1 Å². The number of rotatable bonds is 3. The summed E-state index contributed by atoms with van der Waals surface area (Å²) >= 11 is 1.87. The van der Waals surface area contributed by atoms with E-state index >= 15 is 0 Å². The third-order valence-corrected chi connectivity index (χ3v) is 5.41. The summed E-state index contributed by atoms with van der Waals surface area (Å²) in [7, 11) is 0. The highest BCUT2D eigenvalue weighted by molar-refractivity contribution is 7.13. The highest BCUT2D eigenvalue weighted by Gasteiger charge is 2.48. The molecular formula is C14H20N4S. The Labute approximate surface area is 118 Å². The number of thiophene rings is 1. The summed E-state index contributed by atoms with van der Waals surface area (Å²) < 4.78 is 0. The van der Waals surface area contributed by atoms with E-state index < -0.39 is 0 Å². The molecule has 4 fully saturated rings. The summed E-state index contributed by atoms with van der Waals surface area (Å²) in [5.74, 6) is 0. The SMILES string of the molecule is CCc1ccc(C=NC23CN4CN(CN(C4)C2)C3)s1. The zero-order valence-electron chi connectivity index (χ0n) is 11.4. The molecular weight excluding hydrogens is 256 g/mol. The van der Waals surface area contributed by atoms with Crippen LogP contribution in [0.25, 0.3) is 0 Å². The predicted octanol–water partition coefficient (Wildman–Crippen LogP) is 1.29. The van der Waals surface area contributed by atoms with E-state index in [2.05, 4.69) is 40.0 Å². The van der Waals surface area contributed by atoms with Gasteiger partial charge in [-0.2, -0.15) is 0 Å². The smallest absolute Gasteiger partial charge is 0.0989 e. The Bertz CT molecular complexity index is 472. The van der Waals surface area contributed by atoms with Crippen molar-refractivity contribution in [3.8, 4) is 0 Å². The molecule has 4 nitrogen and oxygen atoms in total. The van der Waals surface area contributed by atoms with Crippen molar-refractivity contribution in [2.24, 2.45) is 4.99 Å². The molecule has 0 atom stereocenters. The van der Waals surface area contributed by atoms with Gasteiger partial charge in [0, 0.05) is 35.6 Å². The van der Waals surface area contributed by atoms with Gasteiger partial charge in [0.05, 0.1) is 25.5 Å². The van der Waals surface area contributed by atoms with Crippen molar-refractivity contribution in [1.82, 2.24) is 14.7 Å². The molecule has 5 heterocycles. The minimum atomic E-state index is 0.116. The van der Waals surface area contributed by atoms with E-state index in [-0.39, 0.29) is 5.54 Å². The van der Waals surface area contributed by atoms with Crippen LogP contribution in [0, 0.1) is 0 Å². The van der Waals surface area contributed by atoms with Crippen LogP contribution >= 0.6 is 11.3 Å². The number of aryl methyl sites for hydroxylation is 1. The Morgan fingerprint density at radius 2 is 1.79 bits per heavy atom. The fourth-order valence-corrected chi connectivity index (χ4v) is 4.48. The minimum absolute atomic E-state index is 0.116. The van der Waals surface area contributed by atoms with Crippen molar-refractivity contribution < 1.29 is 0 Å². The first-order valence-electron chi connectivity index (χ1n) is 7.06. The number of hydrogen-bond acceptors (Lipinski definition) is 5. The van der Waals surface area contributed by atoms with Gasteiger partial charge in [-0.1, -0.05) is 6.92 Å². The first-order valence-corrected chi connectivity index (χ1v) is 7.87. The quantitative estimate of drug-likeness (QED) is 0.777. The van der Waals surface area contributed by atoms with Gasteiger partial charge in [-0.15, -0.1) is 11.3 Å². The summed E-state index contributed by atoms with van der Waals surface area (Å²) in [5.41, 5.74) is 0.116. The molecule has 4 aliphatic rings. The molecule has 102 valence electrons. The normalized spacial score (nSPS) is 40.4. The second-order valence-corrected chi connectivity index (χ2v) is 7.25. The third kappa shape index (κ3) is 2.14. The van der Waals surface area contributed by atoms with Crippen molar-refractivity contribution in [1.29, 1.82) is 0 Å². The fraction of sp³-hybridized carbons (Fsp3) is 0.643. The molecule has 0 N–H and O–H groups in total. The number of aliphatic imine (C=N–C) groups is 1. The maximum Gasteiger partial charge on any atom is 0.0989 e. The zero-order valence-corrected chi connectivity index (χ0v) is 12.2. The number of hydrogen-bond donors (Lipinski definition) is 0. The zero-order chi connectivity index (χ0) is 12.9. The van der Waals surface area contributed by atoms with Gasteiger partial charge >= 0.3 is 0 Å². The highest BCUT2D eigenvalue weighted by atomic mass is 32.1. The van der Waals surface area contributed by atoms with E-state index in [4.69, 9.17) is 4.99 Å². The highest BCUT2D eigenvalue weighted by Crippen LogP contribution is 2.31. The summed E-state index contributed by atoms with van der Waals surface area (Å²) in [6.07, 6.45) is 3.24. The lowest BCUT2D eigenvalue weighted by molar-refractivity contribution is -0.139. The molecule has 0 saturated carbocycles. The summed E-state index contributed by atoms with van der Waals surface area (Å²) in [6.45, 7) is 8.99. The van der Waals surface area contributed by atoms with Gasteiger partial charge in [0.25, 0.3) is 0 Å². The maximum atomic E-state index is 4.99. The van der Waals surface area contributed by atoms with Crippen LogP contribution in [0.3, 0.4) is 0 Å². The Kier molecular flexibility index (Phi) is 2.77. The molecule has 4 aliphatic heterocycles. The lowest BCUT2D eigenvalue weighted by Gasteiger charge is -2.59. The molecule has 0 radical (unpaired) electrons. The first-order chi connectivity index (χ1) is 9.25. The van der Waals surface area contributed by atoms with Gasteiger partial charge in [-0.25, -0.2) is 0 Å². The minimum Gasteiger partial charge on any atom is -0.281 e. The maximum absolute atomic E-state index is 4.99. The topological polar surface area (TPSA) is 22.1 Å². The van der Waals surface area contributed by atoms with Crippen LogP contribution in [0.15, 0.2) is 17.1 Å². The molecule has 0 amide bonds. The van der Waals surface area contributed by atoms with Crippen molar-refractivity contribution in [2.75, 3.05) is 39.6 Å². The molecule has 1 aromatic heterocycles. The van der Waals surface area contributed by atoms with Gasteiger partial charge in [0.1, 0.15) is 0 Å². The monoisotopic (exact) mass is 276 g/mol. The molecule has 0 spiro atoms. The summed E-state index contributed by atoms with van der Waals surface area (Å²) in [6, 6.07) is 4.43. The number of nitrogens with zero attached hydrogens (tertiary/aromatic N) is 4. The van der Waals surface area contributed by atoms with Crippen LogP contribution in [0.4, 0.5) is 0 Å². The first kappa shape index (κ1) is 12.0. The van der Waals surface area contributed by atoms with Gasteiger partial charge in [0.2, 0.25) is 0 Å². The van der Waals surface area contributed by atoms with Gasteiger partial charge in [-0.3, -0.25) is 19.7 Å². The molecule has 5 heteroatoms. The van der Waals surface area contributed by atoms with Crippen LogP contribution in [-0.2, 0) is 6.42 Å². The van der Waals surface area contributed by atoms with E-state index in [1.54, 1.807) is 0 Å². The molecule has 4 bridgehead atoms. The molecule has 1 aromatic rings. The summed E-state index contributed by atoms with van der Waals surface area (Å²) in [5, 5.41) is 0. The predicted molar refractivity (Wildman–Crippen MR) is 78.7 cm³/mol. The molecule has 0 aromatic carbocycles.